The summed E-state index contributed by atoms with van der Waals surface area (Å²) in [5, 5.41) is 13.8. The second kappa shape index (κ2) is 5.38. The monoisotopic (exact) mass is 214 g/mol. The number of carbonyl (C=O) groups excluding carboxylic acids is 1. The molecule has 0 aliphatic carbocycles. The summed E-state index contributed by atoms with van der Waals surface area (Å²) in [6.07, 6.45) is 1.52. The Morgan fingerprint density at radius 1 is 1.47 bits per heavy atom. The molecule has 3 N–H and O–H groups in total. The van der Waals surface area contributed by atoms with Crippen molar-refractivity contribution >= 4 is 12.0 Å². The van der Waals surface area contributed by atoms with E-state index in [1.54, 1.807) is 20.8 Å². The molecule has 0 aromatic rings. The summed E-state index contributed by atoms with van der Waals surface area (Å²) >= 11 is 0. The molecule has 0 aromatic heterocycles. The van der Waals surface area contributed by atoms with E-state index in [0.717, 1.165) is 0 Å². The molecule has 0 rings (SSSR count). The summed E-state index contributed by atoms with van der Waals surface area (Å²) in [4.78, 5) is 22.1. The van der Waals surface area contributed by atoms with Crippen LogP contribution in [0.15, 0.2) is 12.7 Å². The Morgan fingerprint density at radius 2 is 2.00 bits per heavy atom. The van der Waals surface area contributed by atoms with E-state index >= 15 is 0 Å². The normalized spacial score (nSPS) is 12.7. The maximum absolute atomic E-state index is 11.2. The van der Waals surface area contributed by atoms with E-state index in [1.165, 1.54) is 6.08 Å². The molecule has 0 radical (unpaired) electrons. The van der Waals surface area contributed by atoms with Crippen LogP contribution in [0.25, 0.3) is 0 Å². The Labute approximate surface area is 89.6 Å². The van der Waals surface area contributed by atoms with Crippen molar-refractivity contribution in [3.05, 3.63) is 12.7 Å². The van der Waals surface area contributed by atoms with Crippen LogP contribution in [-0.4, -0.2) is 29.7 Å². The zero-order valence-electron chi connectivity index (χ0n) is 9.33. The van der Waals surface area contributed by atoms with E-state index in [1.807, 2.05) is 0 Å². The van der Waals surface area contributed by atoms with Crippen LogP contribution < -0.4 is 10.6 Å². The maximum atomic E-state index is 11.2. The van der Waals surface area contributed by atoms with Gasteiger partial charge >= 0.3 is 12.0 Å². The number of nitrogens with one attached hydrogen (secondary N) is 2. The van der Waals surface area contributed by atoms with Gasteiger partial charge in [0.05, 0.1) is 0 Å². The van der Waals surface area contributed by atoms with E-state index < -0.39 is 23.5 Å². The van der Waals surface area contributed by atoms with Gasteiger partial charge in [-0.1, -0.05) is 26.8 Å². The molecule has 15 heavy (non-hydrogen) atoms. The first-order valence-electron chi connectivity index (χ1n) is 4.67. The number of urea groups is 1. The van der Waals surface area contributed by atoms with Crippen LogP contribution in [0.2, 0.25) is 0 Å². The molecule has 0 aliphatic heterocycles. The zero-order chi connectivity index (χ0) is 12.1. The molecule has 5 nitrogen and oxygen atoms in total. The SMILES string of the molecule is C=CCNC(=O)N[C@H](C(=O)O)C(C)(C)C. The molecule has 0 aliphatic rings. The number of amides is 2. The fourth-order valence-electron chi connectivity index (χ4n) is 0.996. The minimum Gasteiger partial charge on any atom is -0.480 e. The van der Waals surface area contributed by atoms with Gasteiger partial charge in [-0.25, -0.2) is 9.59 Å². The second-order valence-electron chi connectivity index (χ2n) is 4.28. The molecule has 0 heterocycles. The lowest BCUT2D eigenvalue weighted by Gasteiger charge is -2.27. The summed E-state index contributed by atoms with van der Waals surface area (Å²) in [5.41, 5.74) is -0.530. The molecule has 0 fully saturated rings. The molecule has 0 bridgehead atoms. The van der Waals surface area contributed by atoms with Gasteiger partial charge in [-0.3, -0.25) is 0 Å². The van der Waals surface area contributed by atoms with Crippen molar-refractivity contribution in [1.82, 2.24) is 10.6 Å². The third-order valence-corrected chi connectivity index (χ3v) is 1.80. The molecular formula is C10H18N2O3. The number of carboxylic acid groups (broad SMARTS) is 1. The lowest BCUT2D eigenvalue weighted by atomic mass is 9.87. The molecule has 0 saturated heterocycles. The number of rotatable bonds is 4. The van der Waals surface area contributed by atoms with Crippen LogP contribution in [0.3, 0.4) is 0 Å². The Bertz CT molecular complexity index is 256. The van der Waals surface area contributed by atoms with Gasteiger partial charge in [-0.15, -0.1) is 6.58 Å². The molecule has 0 aromatic carbocycles. The summed E-state index contributed by atoms with van der Waals surface area (Å²) in [5.74, 6) is -1.05. The minimum absolute atomic E-state index is 0.308. The van der Waals surface area contributed by atoms with Crippen molar-refractivity contribution in [2.75, 3.05) is 6.54 Å². The van der Waals surface area contributed by atoms with Crippen molar-refractivity contribution in [3.8, 4) is 0 Å². The third kappa shape index (κ3) is 5.05. The molecular weight excluding hydrogens is 196 g/mol. The average Bonchev–Trinajstić information content (AvgIpc) is 2.08. The van der Waals surface area contributed by atoms with Gasteiger partial charge in [-0.2, -0.15) is 0 Å². The third-order valence-electron chi connectivity index (χ3n) is 1.80. The molecule has 5 heteroatoms. The Kier molecular flexibility index (Phi) is 4.84. The van der Waals surface area contributed by atoms with Crippen molar-refractivity contribution < 1.29 is 14.7 Å². The molecule has 2 amide bonds. The van der Waals surface area contributed by atoms with E-state index in [0.29, 0.717) is 6.54 Å². The van der Waals surface area contributed by atoms with Crippen LogP contribution in [-0.2, 0) is 4.79 Å². The summed E-state index contributed by atoms with van der Waals surface area (Å²) in [6.45, 7) is 8.99. The maximum Gasteiger partial charge on any atom is 0.326 e. The number of hydrogen-bond donors (Lipinski definition) is 3. The first-order chi connectivity index (χ1) is 6.79. The highest BCUT2D eigenvalue weighted by atomic mass is 16.4. The van der Waals surface area contributed by atoms with Crippen molar-refractivity contribution in [1.29, 1.82) is 0 Å². The number of aliphatic carboxylic acids is 1. The van der Waals surface area contributed by atoms with E-state index in [-0.39, 0.29) is 0 Å². The van der Waals surface area contributed by atoms with Crippen molar-refractivity contribution in [2.45, 2.75) is 26.8 Å². The van der Waals surface area contributed by atoms with Gasteiger partial charge in [-0.05, 0) is 5.41 Å². The standard InChI is InChI=1S/C10H18N2O3/c1-5-6-11-9(15)12-7(8(13)14)10(2,3)4/h5,7H,1,6H2,2-4H3,(H,13,14)(H2,11,12,15)/t7-/m1/s1. The number of hydrogen-bond acceptors (Lipinski definition) is 2. The smallest absolute Gasteiger partial charge is 0.326 e. The van der Waals surface area contributed by atoms with Crippen molar-refractivity contribution in [2.24, 2.45) is 5.41 Å². The molecule has 0 spiro atoms. The number of carboxylic acids is 1. The van der Waals surface area contributed by atoms with Gasteiger partial charge in [0.1, 0.15) is 6.04 Å². The van der Waals surface area contributed by atoms with Crippen LogP contribution in [0.5, 0.6) is 0 Å². The zero-order valence-corrected chi connectivity index (χ0v) is 9.33. The van der Waals surface area contributed by atoms with Crippen LogP contribution in [0.1, 0.15) is 20.8 Å². The Balaban J connectivity index is 4.37. The highest BCUT2D eigenvalue weighted by Crippen LogP contribution is 2.19. The summed E-state index contributed by atoms with van der Waals surface area (Å²) in [6, 6.07) is -1.42. The van der Waals surface area contributed by atoms with Gasteiger partial charge in [0.25, 0.3) is 0 Å². The highest BCUT2D eigenvalue weighted by molar-refractivity contribution is 5.83. The van der Waals surface area contributed by atoms with Gasteiger partial charge in [0.2, 0.25) is 0 Å². The first kappa shape index (κ1) is 13.5. The van der Waals surface area contributed by atoms with Gasteiger partial charge in [0, 0.05) is 6.54 Å². The van der Waals surface area contributed by atoms with Crippen LogP contribution in [0, 0.1) is 5.41 Å². The topological polar surface area (TPSA) is 78.4 Å². The van der Waals surface area contributed by atoms with E-state index in [4.69, 9.17) is 5.11 Å². The molecule has 1 atom stereocenters. The second-order valence-corrected chi connectivity index (χ2v) is 4.28. The predicted molar refractivity (Wildman–Crippen MR) is 57.6 cm³/mol. The predicted octanol–water partition coefficient (Wildman–Crippen LogP) is 0.971. The van der Waals surface area contributed by atoms with E-state index in [9.17, 15) is 9.59 Å². The molecule has 86 valence electrons. The highest BCUT2D eigenvalue weighted by Gasteiger charge is 2.32. The summed E-state index contributed by atoms with van der Waals surface area (Å²) < 4.78 is 0. The Hall–Kier alpha value is -1.52. The van der Waals surface area contributed by atoms with Gasteiger partial charge in [0.15, 0.2) is 0 Å². The largest absolute Gasteiger partial charge is 0.480 e. The fraction of sp³-hybridized carbons (Fsp3) is 0.600. The first-order valence-corrected chi connectivity index (χ1v) is 4.67. The fourth-order valence-corrected chi connectivity index (χ4v) is 0.996. The minimum atomic E-state index is -1.05. The van der Waals surface area contributed by atoms with Crippen LogP contribution in [0.4, 0.5) is 4.79 Å². The lowest BCUT2D eigenvalue weighted by Crippen LogP contribution is -2.52. The average molecular weight is 214 g/mol. The molecule has 0 unspecified atom stereocenters. The van der Waals surface area contributed by atoms with Crippen LogP contribution >= 0.6 is 0 Å². The van der Waals surface area contributed by atoms with E-state index in [2.05, 4.69) is 17.2 Å². The Morgan fingerprint density at radius 3 is 2.33 bits per heavy atom. The quantitative estimate of drug-likeness (QED) is 0.610. The number of carbonyl (C=O) groups is 2. The molecule has 0 saturated carbocycles. The summed E-state index contributed by atoms with van der Waals surface area (Å²) in [7, 11) is 0. The van der Waals surface area contributed by atoms with Gasteiger partial charge < -0.3 is 15.7 Å². The lowest BCUT2D eigenvalue weighted by molar-refractivity contribution is -0.141. The van der Waals surface area contributed by atoms with Crippen molar-refractivity contribution in [3.63, 3.8) is 0 Å².